The van der Waals surface area contributed by atoms with Crippen molar-refractivity contribution in [1.82, 2.24) is 24.4 Å². The first kappa shape index (κ1) is 17.1. The Balaban J connectivity index is 1.66. The molecule has 1 fully saturated rings. The number of piperidine rings is 1. The van der Waals surface area contributed by atoms with Gasteiger partial charge in [-0.2, -0.15) is 5.26 Å². The van der Waals surface area contributed by atoms with E-state index in [4.69, 9.17) is 10.2 Å². The smallest absolute Gasteiger partial charge is 0.236 e. The van der Waals surface area contributed by atoms with Gasteiger partial charge in [0, 0.05) is 44.6 Å². The van der Waals surface area contributed by atoms with E-state index in [9.17, 15) is 4.79 Å². The van der Waals surface area contributed by atoms with Crippen molar-refractivity contribution in [2.45, 2.75) is 32.6 Å². The minimum absolute atomic E-state index is 0.0291. The lowest BCUT2D eigenvalue weighted by Gasteiger charge is -2.31. The van der Waals surface area contributed by atoms with Crippen LogP contribution in [0.4, 0.5) is 0 Å². The Morgan fingerprint density at radius 2 is 2.12 bits per heavy atom. The van der Waals surface area contributed by atoms with E-state index in [1.807, 2.05) is 36.9 Å². The van der Waals surface area contributed by atoms with E-state index in [1.165, 1.54) is 0 Å². The SMILES string of the molecule is Cc1cc(-c2nccn2C)nc(CC2CCN(C(=O)CC#N)CC2)n1. The minimum Gasteiger partial charge on any atom is -0.342 e. The number of hydrogen-bond acceptors (Lipinski definition) is 5. The molecule has 0 saturated carbocycles. The average Bonchev–Trinajstić information content (AvgIpc) is 3.01. The fourth-order valence-electron chi connectivity index (χ4n) is 3.27. The van der Waals surface area contributed by atoms with Crippen LogP contribution in [0.5, 0.6) is 0 Å². The van der Waals surface area contributed by atoms with E-state index in [2.05, 4.69) is 9.97 Å². The average molecular weight is 338 g/mol. The Morgan fingerprint density at radius 3 is 2.76 bits per heavy atom. The number of carbonyl (C=O) groups is 1. The zero-order valence-electron chi connectivity index (χ0n) is 14.6. The van der Waals surface area contributed by atoms with E-state index in [0.717, 1.165) is 42.3 Å². The monoisotopic (exact) mass is 338 g/mol. The van der Waals surface area contributed by atoms with Crippen LogP contribution in [0.2, 0.25) is 0 Å². The van der Waals surface area contributed by atoms with Gasteiger partial charge in [-0.25, -0.2) is 15.0 Å². The molecule has 1 saturated heterocycles. The molecule has 0 N–H and O–H groups in total. The molecular weight excluding hydrogens is 316 g/mol. The number of nitriles is 1. The number of likely N-dealkylation sites (tertiary alicyclic amines) is 1. The molecule has 1 amide bonds. The highest BCUT2D eigenvalue weighted by molar-refractivity contribution is 5.78. The van der Waals surface area contributed by atoms with Crippen molar-refractivity contribution >= 4 is 5.91 Å². The van der Waals surface area contributed by atoms with Crippen LogP contribution in [0, 0.1) is 24.2 Å². The number of aryl methyl sites for hydroxylation is 2. The highest BCUT2D eigenvalue weighted by Gasteiger charge is 2.23. The van der Waals surface area contributed by atoms with E-state index in [1.54, 1.807) is 11.1 Å². The summed E-state index contributed by atoms with van der Waals surface area (Å²) in [7, 11) is 1.95. The van der Waals surface area contributed by atoms with Crippen molar-refractivity contribution in [2.24, 2.45) is 13.0 Å². The summed E-state index contributed by atoms with van der Waals surface area (Å²) in [4.78, 5) is 27.2. The first-order valence-electron chi connectivity index (χ1n) is 8.54. The summed E-state index contributed by atoms with van der Waals surface area (Å²) in [5.74, 6) is 2.07. The zero-order chi connectivity index (χ0) is 17.8. The highest BCUT2D eigenvalue weighted by atomic mass is 16.2. The Bertz CT molecular complexity index is 798. The van der Waals surface area contributed by atoms with Gasteiger partial charge in [-0.1, -0.05) is 0 Å². The van der Waals surface area contributed by atoms with Crippen LogP contribution in [-0.4, -0.2) is 43.4 Å². The number of rotatable bonds is 4. The minimum atomic E-state index is -0.0650. The number of amides is 1. The lowest BCUT2D eigenvalue weighted by molar-refractivity contribution is -0.131. The Hall–Kier alpha value is -2.75. The van der Waals surface area contributed by atoms with Gasteiger partial charge >= 0.3 is 0 Å². The molecule has 0 unspecified atom stereocenters. The molecule has 1 aliphatic rings. The molecule has 2 aromatic rings. The molecule has 2 aromatic heterocycles. The number of nitrogens with zero attached hydrogens (tertiary/aromatic N) is 6. The summed E-state index contributed by atoms with van der Waals surface area (Å²) in [6.07, 6.45) is 6.29. The first-order chi connectivity index (χ1) is 12.1. The lowest BCUT2D eigenvalue weighted by Crippen LogP contribution is -2.38. The summed E-state index contributed by atoms with van der Waals surface area (Å²) < 4.78 is 1.95. The molecule has 1 aliphatic heterocycles. The highest BCUT2D eigenvalue weighted by Crippen LogP contribution is 2.22. The molecule has 0 spiro atoms. The van der Waals surface area contributed by atoms with Crippen molar-refractivity contribution in [3.63, 3.8) is 0 Å². The second-order valence-corrected chi connectivity index (χ2v) is 6.54. The fourth-order valence-corrected chi connectivity index (χ4v) is 3.27. The van der Waals surface area contributed by atoms with Gasteiger partial charge < -0.3 is 9.47 Å². The van der Waals surface area contributed by atoms with Crippen LogP contribution >= 0.6 is 0 Å². The van der Waals surface area contributed by atoms with Crippen LogP contribution < -0.4 is 0 Å². The number of aromatic nitrogens is 4. The van der Waals surface area contributed by atoms with Crippen LogP contribution in [0.1, 0.15) is 30.8 Å². The van der Waals surface area contributed by atoms with E-state index >= 15 is 0 Å². The van der Waals surface area contributed by atoms with E-state index in [-0.39, 0.29) is 12.3 Å². The van der Waals surface area contributed by atoms with Crippen LogP contribution in [0.25, 0.3) is 11.5 Å². The summed E-state index contributed by atoms with van der Waals surface area (Å²) in [6, 6.07) is 3.88. The van der Waals surface area contributed by atoms with Crippen molar-refractivity contribution in [3.8, 4) is 17.6 Å². The maximum Gasteiger partial charge on any atom is 0.236 e. The molecule has 3 rings (SSSR count). The molecule has 3 heterocycles. The number of carbonyl (C=O) groups excluding carboxylic acids is 1. The van der Waals surface area contributed by atoms with Gasteiger partial charge in [0.25, 0.3) is 0 Å². The predicted octanol–water partition coefficient (Wildman–Crippen LogP) is 1.88. The molecule has 0 bridgehead atoms. The zero-order valence-corrected chi connectivity index (χ0v) is 14.6. The molecule has 7 heteroatoms. The summed E-state index contributed by atoms with van der Waals surface area (Å²) in [5, 5.41) is 8.64. The van der Waals surface area contributed by atoms with Gasteiger partial charge in [-0.05, 0) is 31.7 Å². The molecule has 25 heavy (non-hydrogen) atoms. The van der Waals surface area contributed by atoms with Crippen LogP contribution in [0.3, 0.4) is 0 Å². The fraction of sp³-hybridized carbons (Fsp3) is 0.500. The van der Waals surface area contributed by atoms with Crippen molar-refractivity contribution in [1.29, 1.82) is 5.26 Å². The maximum atomic E-state index is 11.8. The number of imidazole rings is 1. The maximum absolute atomic E-state index is 11.8. The van der Waals surface area contributed by atoms with Crippen LogP contribution in [0.15, 0.2) is 18.5 Å². The molecular formula is C18H22N6O. The standard InChI is InChI=1S/C18H22N6O/c1-13-11-15(18-20-7-10-23(18)2)22-16(21-13)12-14-4-8-24(9-5-14)17(25)3-6-19/h7,10-11,14H,3-5,8-9,12H2,1-2H3. The third-order valence-corrected chi connectivity index (χ3v) is 4.62. The second kappa shape index (κ2) is 7.43. The summed E-state index contributed by atoms with van der Waals surface area (Å²) in [6.45, 7) is 3.40. The van der Waals surface area contributed by atoms with Crippen molar-refractivity contribution in [2.75, 3.05) is 13.1 Å². The summed E-state index contributed by atoms with van der Waals surface area (Å²) in [5.41, 5.74) is 1.78. The van der Waals surface area contributed by atoms with Crippen molar-refractivity contribution < 1.29 is 4.79 Å². The topological polar surface area (TPSA) is 87.7 Å². The molecule has 0 radical (unpaired) electrons. The first-order valence-corrected chi connectivity index (χ1v) is 8.54. The molecule has 0 aromatic carbocycles. The summed E-state index contributed by atoms with van der Waals surface area (Å²) >= 11 is 0. The Morgan fingerprint density at radius 1 is 1.36 bits per heavy atom. The van der Waals surface area contributed by atoms with Gasteiger partial charge in [0.05, 0.1) is 6.07 Å². The molecule has 0 aliphatic carbocycles. The Labute approximate surface area is 147 Å². The lowest BCUT2D eigenvalue weighted by atomic mass is 9.93. The predicted molar refractivity (Wildman–Crippen MR) is 92.2 cm³/mol. The molecule has 130 valence electrons. The second-order valence-electron chi connectivity index (χ2n) is 6.54. The van der Waals surface area contributed by atoms with Gasteiger partial charge in [0.2, 0.25) is 5.91 Å². The van der Waals surface area contributed by atoms with E-state index < -0.39 is 0 Å². The quantitative estimate of drug-likeness (QED) is 0.849. The Kier molecular flexibility index (Phi) is 5.08. The van der Waals surface area contributed by atoms with Crippen molar-refractivity contribution in [3.05, 3.63) is 30.0 Å². The normalized spacial score (nSPS) is 15.2. The van der Waals surface area contributed by atoms with Gasteiger partial charge in [0.1, 0.15) is 17.9 Å². The van der Waals surface area contributed by atoms with E-state index in [0.29, 0.717) is 19.0 Å². The van der Waals surface area contributed by atoms with Crippen LogP contribution in [-0.2, 0) is 18.3 Å². The van der Waals surface area contributed by atoms with Gasteiger partial charge in [-0.15, -0.1) is 0 Å². The number of hydrogen-bond donors (Lipinski definition) is 0. The van der Waals surface area contributed by atoms with Gasteiger partial charge in [0.15, 0.2) is 5.82 Å². The molecule has 7 nitrogen and oxygen atoms in total. The van der Waals surface area contributed by atoms with Gasteiger partial charge in [-0.3, -0.25) is 4.79 Å². The third-order valence-electron chi connectivity index (χ3n) is 4.62. The third kappa shape index (κ3) is 4.02. The largest absolute Gasteiger partial charge is 0.342 e. The molecule has 0 atom stereocenters.